The lowest BCUT2D eigenvalue weighted by molar-refractivity contribution is 0.340. The molecule has 1 aromatic carbocycles. The first-order chi connectivity index (χ1) is 8.64. The van der Waals surface area contributed by atoms with Gasteiger partial charge < -0.3 is 10.1 Å². The van der Waals surface area contributed by atoms with Gasteiger partial charge in [-0.25, -0.2) is 8.42 Å². The second kappa shape index (κ2) is 5.71. The fourth-order valence-electron chi connectivity index (χ4n) is 2.19. The Balaban J connectivity index is 2.18. The average Bonchev–Trinajstić information content (AvgIpc) is 2.41. The number of rotatable bonds is 4. The molecule has 0 atom stereocenters. The van der Waals surface area contributed by atoms with Gasteiger partial charge in [0.15, 0.2) is 9.84 Å². The molecule has 1 saturated heterocycles. The van der Waals surface area contributed by atoms with Gasteiger partial charge in [-0.05, 0) is 57.1 Å². The number of hydrogen-bond donors (Lipinski definition) is 1. The van der Waals surface area contributed by atoms with Crippen molar-refractivity contribution in [3.05, 3.63) is 24.3 Å². The van der Waals surface area contributed by atoms with E-state index in [0.717, 1.165) is 13.1 Å². The highest BCUT2D eigenvalue weighted by atomic mass is 32.2. The van der Waals surface area contributed by atoms with Gasteiger partial charge in [0.1, 0.15) is 5.75 Å². The van der Waals surface area contributed by atoms with Crippen LogP contribution in [0, 0.1) is 0 Å². The van der Waals surface area contributed by atoms with E-state index in [9.17, 15) is 8.42 Å². The van der Waals surface area contributed by atoms with E-state index >= 15 is 0 Å². The molecule has 0 aliphatic carbocycles. The topological polar surface area (TPSA) is 55.4 Å². The van der Waals surface area contributed by atoms with Crippen molar-refractivity contribution in [1.82, 2.24) is 5.32 Å². The summed E-state index contributed by atoms with van der Waals surface area (Å²) in [4.78, 5) is 0.401. The van der Waals surface area contributed by atoms with Crippen LogP contribution in [0.4, 0.5) is 0 Å². The van der Waals surface area contributed by atoms with Crippen LogP contribution >= 0.6 is 0 Å². The van der Waals surface area contributed by atoms with Crippen LogP contribution < -0.4 is 10.1 Å². The van der Waals surface area contributed by atoms with Crippen LogP contribution in [-0.2, 0) is 9.84 Å². The number of nitrogens with one attached hydrogen (secondary N) is 1. The standard InChI is InChI=1S/C13H19NO3S/c1-2-17-11-3-5-12(6-4-11)18(15,16)13-7-9-14-10-8-13/h3-6,13-14H,2,7-10H2,1H3. The van der Waals surface area contributed by atoms with Gasteiger partial charge in [0.05, 0.1) is 16.8 Å². The summed E-state index contributed by atoms with van der Waals surface area (Å²) in [7, 11) is -3.19. The highest BCUT2D eigenvalue weighted by Gasteiger charge is 2.28. The molecule has 1 aliphatic heterocycles. The minimum Gasteiger partial charge on any atom is -0.494 e. The molecule has 1 aliphatic rings. The zero-order valence-corrected chi connectivity index (χ0v) is 11.4. The summed E-state index contributed by atoms with van der Waals surface area (Å²) in [6.45, 7) is 4.04. The summed E-state index contributed by atoms with van der Waals surface area (Å²) >= 11 is 0. The molecule has 0 radical (unpaired) electrons. The zero-order chi connectivity index (χ0) is 13.0. The molecule has 0 unspecified atom stereocenters. The second-order valence-electron chi connectivity index (χ2n) is 4.40. The highest BCUT2D eigenvalue weighted by molar-refractivity contribution is 7.92. The van der Waals surface area contributed by atoms with Crippen molar-refractivity contribution in [1.29, 1.82) is 0 Å². The van der Waals surface area contributed by atoms with E-state index in [-0.39, 0.29) is 5.25 Å². The Labute approximate surface area is 108 Å². The van der Waals surface area contributed by atoms with Gasteiger partial charge in [-0.3, -0.25) is 0 Å². The zero-order valence-electron chi connectivity index (χ0n) is 10.6. The molecule has 100 valence electrons. The van der Waals surface area contributed by atoms with E-state index in [4.69, 9.17) is 4.74 Å². The first-order valence-corrected chi connectivity index (χ1v) is 7.86. The number of benzene rings is 1. The molecule has 0 saturated carbocycles. The quantitative estimate of drug-likeness (QED) is 0.902. The highest BCUT2D eigenvalue weighted by Crippen LogP contribution is 2.24. The second-order valence-corrected chi connectivity index (χ2v) is 6.63. The third kappa shape index (κ3) is 2.84. The Kier molecular flexibility index (Phi) is 4.24. The lowest BCUT2D eigenvalue weighted by Crippen LogP contribution is -2.35. The van der Waals surface area contributed by atoms with Crippen molar-refractivity contribution in [3.8, 4) is 5.75 Å². The Bertz CT molecular complexity index is 475. The van der Waals surface area contributed by atoms with Gasteiger partial charge in [0.25, 0.3) is 0 Å². The predicted molar refractivity (Wildman–Crippen MR) is 70.7 cm³/mol. The molecule has 0 spiro atoms. The first kappa shape index (κ1) is 13.4. The minimum atomic E-state index is -3.19. The lowest BCUT2D eigenvalue weighted by Gasteiger charge is -2.22. The molecule has 1 N–H and O–H groups in total. The molecule has 5 heteroatoms. The van der Waals surface area contributed by atoms with Crippen molar-refractivity contribution in [2.45, 2.75) is 29.9 Å². The van der Waals surface area contributed by atoms with E-state index in [2.05, 4.69) is 5.32 Å². The van der Waals surface area contributed by atoms with Crippen LogP contribution in [0.2, 0.25) is 0 Å². The minimum absolute atomic E-state index is 0.253. The van der Waals surface area contributed by atoms with Gasteiger partial charge in [0.2, 0.25) is 0 Å². The molecule has 1 fully saturated rings. The van der Waals surface area contributed by atoms with Crippen molar-refractivity contribution >= 4 is 9.84 Å². The van der Waals surface area contributed by atoms with E-state index in [0.29, 0.717) is 30.1 Å². The molecule has 2 rings (SSSR count). The Morgan fingerprint density at radius 3 is 2.39 bits per heavy atom. The largest absolute Gasteiger partial charge is 0.494 e. The fraction of sp³-hybridized carbons (Fsp3) is 0.538. The van der Waals surface area contributed by atoms with Crippen LogP contribution in [0.5, 0.6) is 5.75 Å². The van der Waals surface area contributed by atoms with Crippen molar-refractivity contribution in [2.75, 3.05) is 19.7 Å². The average molecular weight is 269 g/mol. The van der Waals surface area contributed by atoms with Gasteiger partial charge in [0, 0.05) is 0 Å². The molecule has 0 aromatic heterocycles. The van der Waals surface area contributed by atoms with Crippen LogP contribution in [0.25, 0.3) is 0 Å². The van der Waals surface area contributed by atoms with Gasteiger partial charge >= 0.3 is 0 Å². The maximum absolute atomic E-state index is 12.4. The van der Waals surface area contributed by atoms with Crippen LogP contribution in [0.1, 0.15) is 19.8 Å². The Morgan fingerprint density at radius 2 is 1.83 bits per heavy atom. The molecule has 4 nitrogen and oxygen atoms in total. The van der Waals surface area contributed by atoms with Gasteiger partial charge in [-0.1, -0.05) is 0 Å². The van der Waals surface area contributed by atoms with E-state index < -0.39 is 9.84 Å². The number of ether oxygens (including phenoxy) is 1. The molecule has 0 bridgehead atoms. The Morgan fingerprint density at radius 1 is 1.22 bits per heavy atom. The van der Waals surface area contributed by atoms with Gasteiger partial charge in [-0.2, -0.15) is 0 Å². The maximum atomic E-state index is 12.4. The number of sulfone groups is 1. The Hall–Kier alpha value is -1.07. The summed E-state index contributed by atoms with van der Waals surface area (Å²) in [5.74, 6) is 0.710. The third-order valence-corrected chi connectivity index (χ3v) is 5.47. The maximum Gasteiger partial charge on any atom is 0.181 e. The van der Waals surface area contributed by atoms with E-state index in [1.165, 1.54) is 0 Å². The molecule has 0 amide bonds. The smallest absolute Gasteiger partial charge is 0.181 e. The molecule has 1 heterocycles. The predicted octanol–water partition coefficient (Wildman–Crippen LogP) is 1.61. The summed E-state index contributed by atoms with van der Waals surface area (Å²) in [5.41, 5.74) is 0. The number of piperidine rings is 1. The molecular formula is C13H19NO3S. The fourth-order valence-corrected chi connectivity index (χ4v) is 3.95. The summed E-state index contributed by atoms with van der Waals surface area (Å²) in [5, 5.41) is 2.93. The van der Waals surface area contributed by atoms with Crippen LogP contribution in [0.15, 0.2) is 29.2 Å². The SMILES string of the molecule is CCOc1ccc(S(=O)(=O)C2CCNCC2)cc1. The molecular weight excluding hydrogens is 250 g/mol. The first-order valence-electron chi connectivity index (χ1n) is 6.32. The summed E-state index contributed by atoms with van der Waals surface area (Å²) in [6.07, 6.45) is 1.38. The normalized spacial score (nSPS) is 17.6. The molecule has 18 heavy (non-hydrogen) atoms. The van der Waals surface area contributed by atoms with Gasteiger partial charge in [-0.15, -0.1) is 0 Å². The van der Waals surface area contributed by atoms with Crippen molar-refractivity contribution in [2.24, 2.45) is 0 Å². The van der Waals surface area contributed by atoms with Crippen molar-refractivity contribution in [3.63, 3.8) is 0 Å². The van der Waals surface area contributed by atoms with Crippen LogP contribution in [-0.4, -0.2) is 33.4 Å². The summed E-state index contributed by atoms with van der Waals surface area (Å²) in [6, 6.07) is 6.72. The lowest BCUT2D eigenvalue weighted by atomic mass is 10.2. The monoisotopic (exact) mass is 269 g/mol. The van der Waals surface area contributed by atoms with E-state index in [1.54, 1.807) is 24.3 Å². The van der Waals surface area contributed by atoms with E-state index in [1.807, 2.05) is 6.92 Å². The van der Waals surface area contributed by atoms with Crippen molar-refractivity contribution < 1.29 is 13.2 Å². The summed E-state index contributed by atoms with van der Waals surface area (Å²) < 4.78 is 30.1. The third-order valence-electron chi connectivity index (χ3n) is 3.19. The molecule has 1 aromatic rings. The van der Waals surface area contributed by atoms with Crippen LogP contribution in [0.3, 0.4) is 0 Å². The number of hydrogen-bond acceptors (Lipinski definition) is 4.